The van der Waals surface area contributed by atoms with Gasteiger partial charge < -0.3 is 34.5 Å². The van der Waals surface area contributed by atoms with Crippen LogP contribution in [-0.2, 0) is 31.6 Å². The van der Waals surface area contributed by atoms with Crippen LogP contribution in [0.1, 0.15) is 13.2 Å². The van der Waals surface area contributed by atoms with E-state index in [1.807, 2.05) is 0 Å². The van der Waals surface area contributed by atoms with Gasteiger partial charge in [-0.1, -0.05) is 0 Å². The van der Waals surface area contributed by atoms with Crippen molar-refractivity contribution in [2.75, 3.05) is 13.2 Å². The molecule has 2 rings (SSSR count). The van der Waals surface area contributed by atoms with Crippen molar-refractivity contribution in [3.8, 4) is 0 Å². The van der Waals surface area contributed by atoms with Crippen LogP contribution in [0.3, 0.4) is 0 Å². The summed E-state index contributed by atoms with van der Waals surface area (Å²) in [7, 11) is -16.7. The minimum absolute atomic E-state index is 0.136. The summed E-state index contributed by atoms with van der Waals surface area (Å²) in [5.41, 5.74) is -2.36. The Labute approximate surface area is 178 Å². The molecule has 0 aromatic carbocycles. The summed E-state index contributed by atoms with van der Waals surface area (Å²) in [5, 5.41) is 20.5. The Hall–Kier alpha value is -0.610. The monoisotopic (exact) mass is 528 g/mol. The highest BCUT2D eigenvalue weighted by Gasteiger charge is 2.54. The molecule has 0 saturated carbocycles. The molecule has 1 saturated heterocycles. The van der Waals surface area contributed by atoms with Gasteiger partial charge in [-0.05, 0) is 19.1 Å². The first-order valence-electron chi connectivity index (χ1n) is 8.06. The first-order chi connectivity index (χ1) is 14.0. The fourth-order valence-corrected chi connectivity index (χ4v) is 6.13. The van der Waals surface area contributed by atoms with Crippen LogP contribution in [0.4, 0.5) is 0 Å². The molecule has 0 amide bonds. The van der Waals surface area contributed by atoms with Gasteiger partial charge in [0.05, 0.1) is 19.3 Å². The Kier molecular flexibility index (Phi) is 8.02. The summed E-state index contributed by atoms with van der Waals surface area (Å²) >= 11 is 5.00. The zero-order valence-electron chi connectivity index (χ0n) is 15.4. The molecule has 6 atom stereocenters. The average molecular weight is 528 g/mol. The molecule has 20 heteroatoms. The van der Waals surface area contributed by atoms with Crippen LogP contribution in [0.25, 0.3) is 0 Å². The van der Waals surface area contributed by atoms with Gasteiger partial charge in [-0.2, -0.15) is 8.62 Å². The topological polar surface area (TPSA) is 247 Å². The summed E-state index contributed by atoms with van der Waals surface area (Å²) in [6, 6.07) is 1.09. The summed E-state index contributed by atoms with van der Waals surface area (Å²) in [6.45, 7) is -0.334. The predicted octanol–water partition coefficient (Wildman–Crippen LogP) is -0.494. The van der Waals surface area contributed by atoms with E-state index >= 15 is 0 Å². The number of hydrogen-bond donors (Lipinski definition) is 7. The van der Waals surface area contributed by atoms with E-state index in [4.69, 9.17) is 31.6 Å². The maximum Gasteiger partial charge on any atom is 0.490 e. The number of hydrogen-bond acceptors (Lipinski definition) is 11. The molecule has 7 N–H and O–H groups in total. The smallest absolute Gasteiger partial charge is 0.396 e. The molecule has 31 heavy (non-hydrogen) atoms. The molecule has 1 aromatic rings. The molecular weight excluding hydrogens is 509 g/mol. The quantitative estimate of drug-likeness (QED) is 0.158. The second-order valence-corrected chi connectivity index (χ2v) is 11.3. The molecule has 2 heterocycles. The van der Waals surface area contributed by atoms with Crippen LogP contribution < -0.4 is 5.56 Å². The highest BCUT2D eigenvalue weighted by Crippen LogP contribution is 2.66. The minimum Gasteiger partial charge on any atom is -0.396 e. The molecule has 0 bridgehead atoms. The molecular formula is C11H19N2O14P3S. The van der Waals surface area contributed by atoms with Gasteiger partial charge >= 0.3 is 23.5 Å². The fraction of sp³-hybridized carbons (Fsp3) is 0.636. The van der Waals surface area contributed by atoms with E-state index in [1.165, 1.54) is 13.1 Å². The van der Waals surface area contributed by atoms with Gasteiger partial charge in [0.2, 0.25) is 0 Å². The fourth-order valence-electron chi connectivity index (χ4n) is 2.85. The SMILES string of the molecule is CC1(O)C(CO)[C@@H](COP(=O)(O)OP(=O)(O)OP(=O)(O)O)O[C@H]1n1ccc(=O)[nH]c1=S. The second kappa shape index (κ2) is 9.33. The largest absolute Gasteiger partial charge is 0.490 e. The highest BCUT2D eigenvalue weighted by atomic mass is 32.1. The van der Waals surface area contributed by atoms with Crippen LogP contribution in [-0.4, -0.2) is 64.3 Å². The van der Waals surface area contributed by atoms with Gasteiger partial charge in [-0.15, -0.1) is 0 Å². The lowest BCUT2D eigenvalue weighted by molar-refractivity contribution is -0.0924. The number of H-pyrrole nitrogens is 1. The summed E-state index contributed by atoms with van der Waals surface area (Å²) in [4.78, 5) is 49.4. The van der Waals surface area contributed by atoms with Crippen molar-refractivity contribution >= 4 is 35.7 Å². The summed E-state index contributed by atoms with van der Waals surface area (Å²) in [5.74, 6) is -1.14. The van der Waals surface area contributed by atoms with Gasteiger partial charge in [-0.3, -0.25) is 18.9 Å². The molecule has 0 aliphatic carbocycles. The van der Waals surface area contributed by atoms with Gasteiger partial charge in [0.15, 0.2) is 11.0 Å². The number of rotatable bonds is 9. The van der Waals surface area contributed by atoms with Crippen LogP contribution in [0, 0.1) is 10.7 Å². The molecule has 0 radical (unpaired) electrons. The molecule has 1 aromatic heterocycles. The Bertz CT molecular complexity index is 1060. The van der Waals surface area contributed by atoms with E-state index in [2.05, 4.69) is 18.1 Å². The molecule has 16 nitrogen and oxygen atoms in total. The van der Waals surface area contributed by atoms with Crippen molar-refractivity contribution in [3.63, 3.8) is 0 Å². The number of phosphoric ester groups is 1. The maximum absolute atomic E-state index is 11.9. The van der Waals surface area contributed by atoms with E-state index in [-0.39, 0.29) is 4.77 Å². The molecule has 178 valence electrons. The van der Waals surface area contributed by atoms with Crippen molar-refractivity contribution in [2.45, 2.75) is 24.9 Å². The van der Waals surface area contributed by atoms with Gasteiger partial charge in [0.1, 0.15) is 5.60 Å². The zero-order chi connectivity index (χ0) is 23.8. The Morgan fingerprint density at radius 1 is 1.23 bits per heavy atom. The van der Waals surface area contributed by atoms with E-state index < -0.39 is 66.1 Å². The Morgan fingerprint density at radius 3 is 2.35 bits per heavy atom. The van der Waals surface area contributed by atoms with Crippen molar-refractivity contribution in [2.24, 2.45) is 5.92 Å². The summed E-state index contributed by atoms with van der Waals surface area (Å²) in [6.07, 6.45) is -1.38. The number of nitrogens with zero attached hydrogens (tertiary/aromatic N) is 1. The van der Waals surface area contributed by atoms with Crippen LogP contribution in [0.2, 0.25) is 0 Å². The first-order valence-corrected chi connectivity index (χ1v) is 13.0. The van der Waals surface area contributed by atoms with Crippen LogP contribution in [0.5, 0.6) is 0 Å². The summed E-state index contributed by atoms with van der Waals surface area (Å²) < 4.78 is 52.2. The predicted molar refractivity (Wildman–Crippen MR) is 101 cm³/mol. The third-order valence-electron chi connectivity index (χ3n) is 4.12. The van der Waals surface area contributed by atoms with Gasteiger partial charge in [-0.25, -0.2) is 13.7 Å². The molecule has 0 spiro atoms. The van der Waals surface area contributed by atoms with E-state index in [1.54, 1.807) is 0 Å². The third-order valence-corrected chi connectivity index (χ3v) is 8.24. The third kappa shape index (κ3) is 6.93. The molecule has 4 unspecified atom stereocenters. The number of aliphatic hydroxyl groups is 2. The number of aliphatic hydroxyl groups excluding tert-OH is 1. The number of aromatic amines is 1. The van der Waals surface area contributed by atoms with Crippen molar-refractivity contribution in [1.29, 1.82) is 0 Å². The lowest BCUT2D eigenvalue weighted by atomic mass is 9.87. The standard InChI is InChI=1S/C11H19N2O14P3S/c1-11(16)6(4-14)7(25-9(11)13-3-2-8(15)12-10(13)31)5-24-29(20,21)27-30(22,23)26-28(17,18)19/h2-3,6-7,9,14,16H,4-5H2,1H3,(H,20,21)(H,22,23)(H,12,15,31)(H2,17,18,19)/t6?,7-,9-,11?/m1/s1. The number of phosphoric acid groups is 3. The number of nitrogens with one attached hydrogen (secondary N) is 1. The highest BCUT2D eigenvalue weighted by molar-refractivity contribution is 7.71. The molecule has 1 aliphatic rings. The first kappa shape index (κ1) is 26.6. The van der Waals surface area contributed by atoms with Crippen LogP contribution in [0.15, 0.2) is 17.1 Å². The van der Waals surface area contributed by atoms with Crippen molar-refractivity contribution in [1.82, 2.24) is 9.55 Å². The zero-order valence-corrected chi connectivity index (χ0v) is 18.9. The van der Waals surface area contributed by atoms with Crippen molar-refractivity contribution < 1.29 is 61.4 Å². The van der Waals surface area contributed by atoms with Gasteiger partial charge in [0, 0.05) is 18.2 Å². The normalized spacial score (nSPS) is 30.6. The van der Waals surface area contributed by atoms with Crippen molar-refractivity contribution in [3.05, 3.63) is 27.4 Å². The second-order valence-electron chi connectivity index (χ2n) is 6.45. The molecule has 1 aliphatic heterocycles. The van der Waals surface area contributed by atoms with E-state index in [0.29, 0.717) is 0 Å². The van der Waals surface area contributed by atoms with E-state index in [0.717, 1.165) is 10.6 Å². The average Bonchev–Trinajstić information content (AvgIpc) is 2.79. The lowest BCUT2D eigenvalue weighted by Crippen LogP contribution is -2.42. The number of aromatic nitrogens is 2. The minimum atomic E-state index is -5.71. The number of ether oxygens (including phenoxy) is 1. The molecule has 1 fully saturated rings. The van der Waals surface area contributed by atoms with E-state index in [9.17, 15) is 33.6 Å². The lowest BCUT2D eigenvalue weighted by Gasteiger charge is -2.29. The Balaban J connectivity index is 2.18. The Morgan fingerprint density at radius 2 is 1.84 bits per heavy atom. The van der Waals surface area contributed by atoms with Crippen LogP contribution >= 0.6 is 35.7 Å². The maximum atomic E-state index is 11.9. The van der Waals surface area contributed by atoms with Gasteiger partial charge in [0.25, 0.3) is 5.56 Å².